The van der Waals surface area contributed by atoms with Crippen molar-refractivity contribution in [1.82, 2.24) is 0 Å². The minimum absolute atomic E-state index is 0.0660. The molecule has 0 heterocycles. The van der Waals surface area contributed by atoms with Gasteiger partial charge in [-0.2, -0.15) is 0 Å². The maximum absolute atomic E-state index is 13.5. The van der Waals surface area contributed by atoms with Crippen LogP contribution in [0.4, 0.5) is 0 Å². The van der Waals surface area contributed by atoms with Crippen LogP contribution in [0.2, 0.25) is 0 Å². The number of fused-ring (bicyclic) bond motifs is 3. The van der Waals surface area contributed by atoms with Crippen molar-refractivity contribution in [3.05, 3.63) is 83.9 Å². The molecule has 2 aromatic rings. The van der Waals surface area contributed by atoms with Crippen molar-refractivity contribution >= 4 is 11.9 Å². The van der Waals surface area contributed by atoms with Gasteiger partial charge in [-0.25, -0.2) is 9.59 Å². The highest BCUT2D eigenvalue weighted by molar-refractivity contribution is 5.90. The Morgan fingerprint density at radius 1 is 0.844 bits per heavy atom. The van der Waals surface area contributed by atoms with Crippen molar-refractivity contribution in [3.8, 4) is 0 Å². The van der Waals surface area contributed by atoms with Gasteiger partial charge in [-0.3, -0.25) is 0 Å². The highest BCUT2D eigenvalue weighted by Crippen LogP contribution is 2.62. The van der Waals surface area contributed by atoms with E-state index in [1.54, 1.807) is 50.2 Å². The second-order valence-corrected chi connectivity index (χ2v) is 13.3. The van der Waals surface area contributed by atoms with Crippen LogP contribution in [-0.2, 0) is 9.47 Å². The predicted octanol–water partition coefficient (Wildman–Crippen LogP) is 0.978. The van der Waals surface area contributed by atoms with Crippen molar-refractivity contribution in [1.29, 1.82) is 0 Å². The number of aliphatic hydroxyl groups is 7. The van der Waals surface area contributed by atoms with Gasteiger partial charge in [-0.1, -0.05) is 56.8 Å². The van der Waals surface area contributed by atoms with Crippen LogP contribution in [0.25, 0.3) is 0 Å². The SMILES string of the molecule is C=C(C)[C@]1(O)C[C@@H](C)[C@@]2(O)C([C@H]1OC(=O)c1ccccc1)[C@H](O)[C@@](O)(COC(=O)c1ccccc1)[C@@H](O)[C@@]1(O)C2C[C@H](C)[C@@H]1O. The number of rotatable bonds is 6. The van der Waals surface area contributed by atoms with Gasteiger partial charge in [0.2, 0.25) is 0 Å². The first-order chi connectivity index (χ1) is 21.0. The number of esters is 2. The maximum atomic E-state index is 13.5. The summed E-state index contributed by atoms with van der Waals surface area (Å²) in [7, 11) is 0. The van der Waals surface area contributed by atoms with Gasteiger partial charge in [-0.15, -0.1) is 0 Å². The van der Waals surface area contributed by atoms with E-state index in [9.17, 15) is 45.3 Å². The lowest BCUT2D eigenvalue weighted by Gasteiger charge is -2.58. The Morgan fingerprint density at radius 3 is 1.91 bits per heavy atom. The molecule has 0 aromatic heterocycles. The Kier molecular flexibility index (Phi) is 8.54. The second-order valence-electron chi connectivity index (χ2n) is 13.3. The zero-order valence-electron chi connectivity index (χ0n) is 25.5. The van der Waals surface area contributed by atoms with Crippen LogP contribution in [-0.4, -0.2) is 101 Å². The molecule has 11 heteroatoms. The van der Waals surface area contributed by atoms with Crippen LogP contribution in [0.15, 0.2) is 72.8 Å². The van der Waals surface area contributed by atoms with Gasteiger partial charge in [0.15, 0.2) is 5.60 Å². The largest absolute Gasteiger partial charge is 0.459 e. The fraction of sp³-hybridized carbons (Fsp3) is 0.529. The Morgan fingerprint density at radius 2 is 1.38 bits per heavy atom. The fourth-order valence-electron chi connectivity index (χ4n) is 8.09. The molecule has 0 aliphatic heterocycles. The minimum atomic E-state index is -2.94. The maximum Gasteiger partial charge on any atom is 0.338 e. The smallest absolute Gasteiger partial charge is 0.338 e. The summed E-state index contributed by atoms with van der Waals surface area (Å²) in [5.41, 5.74) is -9.55. The van der Waals surface area contributed by atoms with Crippen LogP contribution in [0.5, 0.6) is 0 Å². The quantitative estimate of drug-likeness (QED) is 0.178. The van der Waals surface area contributed by atoms with Gasteiger partial charge < -0.3 is 45.2 Å². The Bertz CT molecular complexity index is 1430. The first-order valence-electron chi connectivity index (χ1n) is 15.1. The third-order valence-electron chi connectivity index (χ3n) is 10.7. The Labute approximate surface area is 261 Å². The lowest BCUT2D eigenvalue weighted by molar-refractivity contribution is -0.265. The molecule has 5 rings (SSSR count). The molecule has 0 spiro atoms. The third-order valence-corrected chi connectivity index (χ3v) is 10.7. The van der Waals surface area contributed by atoms with E-state index < -0.39 is 89.0 Å². The summed E-state index contributed by atoms with van der Waals surface area (Å²) < 4.78 is 11.3. The van der Waals surface area contributed by atoms with Crippen LogP contribution in [0.3, 0.4) is 0 Å². The van der Waals surface area contributed by atoms with E-state index >= 15 is 0 Å². The average molecular weight is 627 g/mol. The van der Waals surface area contributed by atoms with Gasteiger partial charge in [0.1, 0.15) is 30.0 Å². The summed E-state index contributed by atoms with van der Waals surface area (Å²) in [5, 5.41) is 84.5. The average Bonchev–Trinajstić information content (AvgIpc) is 3.25. The van der Waals surface area contributed by atoms with Gasteiger partial charge in [0.05, 0.1) is 34.9 Å². The van der Waals surface area contributed by atoms with Crippen LogP contribution >= 0.6 is 0 Å². The first kappa shape index (κ1) is 33.2. The molecule has 244 valence electrons. The number of benzene rings is 2. The summed E-state index contributed by atoms with van der Waals surface area (Å²) in [4.78, 5) is 26.4. The third kappa shape index (κ3) is 4.93. The van der Waals surface area contributed by atoms with E-state index in [-0.39, 0.29) is 29.5 Å². The molecule has 0 amide bonds. The molecule has 7 N–H and O–H groups in total. The fourth-order valence-corrected chi connectivity index (χ4v) is 8.09. The minimum Gasteiger partial charge on any atom is -0.459 e. The molecule has 3 saturated carbocycles. The predicted molar refractivity (Wildman–Crippen MR) is 160 cm³/mol. The van der Waals surface area contributed by atoms with E-state index in [4.69, 9.17) is 9.47 Å². The molecule has 3 fully saturated rings. The van der Waals surface area contributed by atoms with Crippen molar-refractivity contribution in [2.45, 2.75) is 80.4 Å². The lowest BCUT2D eigenvalue weighted by Crippen LogP contribution is -2.72. The zero-order chi connectivity index (χ0) is 33.1. The summed E-state index contributed by atoms with van der Waals surface area (Å²) in [6, 6.07) is 15.6. The Balaban J connectivity index is 1.68. The molecule has 45 heavy (non-hydrogen) atoms. The van der Waals surface area contributed by atoms with Crippen LogP contribution < -0.4 is 0 Å². The highest BCUT2D eigenvalue weighted by Gasteiger charge is 2.78. The first-order valence-corrected chi connectivity index (χ1v) is 15.1. The topological polar surface area (TPSA) is 194 Å². The van der Waals surface area contributed by atoms with Crippen LogP contribution in [0.1, 0.15) is 54.3 Å². The lowest BCUT2D eigenvalue weighted by atomic mass is 9.53. The van der Waals surface area contributed by atoms with E-state index in [1.165, 1.54) is 31.2 Å². The molecule has 0 radical (unpaired) electrons. The Hall–Kier alpha value is -3.16. The molecule has 12 atom stereocenters. The molecule has 3 aliphatic rings. The summed E-state index contributed by atoms with van der Waals surface area (Å²) in [6.45, 7) is 7.45. The molecular weight excluding hydrogens is 584 g/mol. The van der Waals surface area contributed by atoms with Gasteiger partial charge in [0.25, 0.3) is 0 Å². The zero-order valence-corrected chi connectivity index (χ0v) is 25.5. The summed E-state index contributed by atoms with van der Waals surface area (Å²) in [5.74, 6) is -6.70. The van der Waals surface area contributed by atoms with Gasteiger partial charge in [-0.05, 0) is 61.4 Å². The number of carbonyl (C=O) groups excluding carboxylic acids is 2. The number of carbonyl (C=O) groups is 2. The van der Waals surface area contributed by atoms with E-state index in [1.807, 2.05) is 0 Å². The number of hydrogen-bond donors (Lipinski definition) is 7. The van der Waals surface area contributed by atoms with E-state index in [0.29, 0.717) is 0 Å². The number of ether oxygens (including phenoxy) is 2. The van der Waals surface area contributed by atoms with Gasteiger partial charge in [0, 0.05) is 5.92 Å². The van der Waals surface area contributed by atoms with E-state index in [0.717, 1.165) is 0 Å². The molecule has 11 nitrogen and oxygen atoms in total. The number of aliphatic hydroxyl groups excluding tert-OH is 3. The summed E-state index contributed by atoms with van der Waals surface area (Å²) >= 11 is 0. The molecule has 0 bridgehead atoms. The molecule has 2 unspecified atom stereocenters. The molecule has 0 saturated heterocycles. The standard InChI is InChI=1S/C34H42O11/c1-18(2)31(40)16-20(4)33(42)23-15-19(3)25(35)34(23,43)30(39)32(41,17-44-28(37)21-11-7-5-8-12-21)26(36)24(33)27(31)45-29(38)22-13-9-6-10-14-22/h5-14,19-20,23-27,30,35-36,39-43H,1,15-17H2,2-4H3/t19-,20+,23?,24?,25-,26-,27+,30+,31+,32-,33-,34+/m0/s1. The highest BCUT2D eigenvalue weighted by atomic mass is 16.6. The van der Waals surface area contributed by atoms with Gasteiger partial charge >= 0.3 is 11.9 Å². The number of hydrogen-bond acceptors (Lipinski definition) is 11. The second kappa shape index (κ2) is 11.6. The monoisotopic (exact) mass is 626 g/mol. The normalized spacial score (nSPS) is 42.5. The van der Waals surface area contributed by atoms with Crippen molar-refractivity contribution in [2.75, 3.05) is 6.61 Å². The van der Waals surface area contributed by atoms with E-state index in [2.05, 4.69) is 6.58 Å². The van der Waals surface area contributed by atoms with Crippen LogP contribution in [0, 0.1) is 23.7 Å². The van der Waals surface area contributed by atoms with Crippen molar-refractivity contribution < 1.29 is 54.8 Å². The van der Waals surface area contributed by atoms with Crippen molar-refractivity contribution in [3.63, 3.8) is 0 Å². The summed E-state index contributed by atoms with van der Waals surface area (Å²) in [6.07, 6.45) is -8.45. The van der Waals surface area contributed by atoms with Crippen molar-refractivity contribution in [2.24, 2.45) is 23.7 Å². The molecule has 2 aromatic carbocycles. The molecular formula is C34H42O11. The molecule has 3 aliphatic carbocycles.